The van der Waals surface area contributed by atoms with Crippen molar-refractivity contribution >= 4 is 0 Å². The highest BCUT2D eigenvalue weighted by Crippen LogP contribution is 2.41. The van der Waals surface area contributed by atoms with Crippen LogP contribution in [0.15, 0.2) is 12.1 Å². The van der Waals surface area contributed by atoms with Gasteiger partial charge in [0, 0.05) is 12.1 Å². The van der Waals surface area contributed by atoms with Crippen molar-refractivity contribution in [1.82, 2.24) is 0 Å². The molecule has 1 N–H and O–H groups in total. The summed E-state index contributed by atoms with van der Waals surface area (Å²) >= 11 is 0. The van der Waals surface area contributed by atoms with Gasteiger partial charge in [0.1, 0.15) is 5.75 Å². The van der Waals surface area contributed by atoms with Crippen LogP contribution in [0.1, 0.15) is 25.7 Å². The van der Waals surface area contributed by atoms with Crippen LogP contribution in [-0.2, 0) is 0 Å². The number of ether oxygens (including phenoxy) is 4. The first-order chi connectivity index (χ1) is 10.2. The molecule has 0 spiro atoms. The largest absolute Gasteiger partial charge is 0.493 e. The van der Waals surface area contributed by atoms with Gasteiger partial charge in [-0.05, 0) is 25.2 Å². The molecule has 1 aromatic carbocycles. The predicted molar refractivity (Wildman–Crippen MR) is 79.6 cm³/mol. The van der Waals surface area contributed by atoms with Gasteiger partial charge in [-0.25, -0.2) is 0 Å². The van der Waals surface area contributed by atoms with Crippen LogP contribution in [0.2, 0.25) is 0 Å². The molecule has 2 unspecified atom stereocenters. The lowest BCUT2D eigenvalue weighted by atomic mass is 10.0. The van der Waals surface area contributed by atoms with Crippen LogP contribution >= 0.6 is 0 Å². The van der Waals surface area contributed by atoms with Crippen LogP contribution in [0.5, 0.6) is 23.0 Å². The number of aliphatic hydroxyl groups excluding tert-OH is 1. The second kappa shape index (κ2) is 7.41. The molecule has 0 bridgehead atoms. The van der Waals surface area contributed by atoms with Crippen LogP contribution in [0, 0.1) is 5.92 Å². The fourth-order valence-corrected chi connectivity index (χ4v) is 2.82. The zero-order valence-electron chi connectivity index (χ0n) is 12.9. The van der Waals surface area contributed by atoms with Gasteiger partial charge in [0.2, 0.25) is 5.75 Å². The minimum Gasteiger partial charge on any atom is -0.493 e. The maximum absolute atomic E-state index is 9.81. The highest BCUT2D eigenvalue weighted by atomic mass is 16.5. The molecule has 5 nitrogen and oxygen atoms in total. The Bertz CT molecular complexity index is 435. The number of hydrogen-bond donors (Lipinski definition) is 1. The summed E-state index contributed by atoms with van der Waals surface area (Å²) in [5.74, 6) is 2.74. The first-order valence-electron chi connectivity index (χ1n) is 7.30. The summed E-state index contributed by atoms with van der Waals surface area (Å²) in [6.45, 7) is 0.570. The maximum atomic E-state index is 9.81. The van der Waals surface area contributed by atoms with Crippen molar-refractivity contribution in [3.63, 3.8) is 0 Å². The van der Waals surface area contributed by atoms with Gasteiger partial charge in [0.05, 0.1) is 34.0 Å². The average Bonchev–Trinajstić information content (AvgIpc) is 2.91. The van der Waals surface area contributed by atoms with E-state index in [-0.39, 0.29) is 6.10 Å². The molecule has 1 aliphatic rings. The van der Waals surface area contributed by atoms with Gasteiger partial charge in [-0.3, -0.25) is 0 Å². The van der Waals surface area contributed by atoms with Crippen molar-refractivity contribution in [1.29, 1.82) is 0 Å². The quantitative estimate of drug-likeness (QED) is 0.838. The van der Waals surface area contributed by atoms with E-state index in [1.807, 2.05) is 0 Å². The molecule has 1 aliphatic carbocycles. The predicted octanol–water partition coefficient (Wildman–Crippen LogP) is 2.64. The van der Waals surface area contributed by atoms with Crippen molar-refractivity contribution in [2.24, 2.45) is 5.92 Å². The fraction of sp³-hybridized carbons (Fsp3) is 0.625. The normalized spacial score (nSPS) is 21.1. The van der Waals surface area contributed by atoms with Crippen LogP contribution < -0.4 is 18.9 Å². The highest BCUT2D eigenvalue weighted by molar-refractivity contribution is 5.55. The molecule has 1 aromatic rings. The molecule has 0 radical (unpaired) electrons. The van der Waals surface area contributed by atoms with Gasteiger partial charge in [0.25, 0.3) is 0 Å². The lowest BCUT2D eigenvalue weighted by Crippen LogP contribution is -2.16. The molecule has 21 heavy (non-hydrogen) atoms. The molecular weight excluding hydrogens is 272 g/mol. The first kappa shape index (κ1) is 15.8. The zero-order chi connectivity index (χ0) is 15.2. The molecular formula is C16H24O5. The summed E-state index contributed by atoms with van der Waals surface area (Å²) in [6.07, 6.45) is 3.79. The van der Waals surface area contributed by atoms with E-state index in [0.717, 1.165) is 25.7 Å². The number of aliphatic hydroxyl groups is 1. The summed E-state index contributed by atoms with van der Waals surface area (Å²) in [5.41, 5.74) is 0. The molecule has 2 rings (SSSR count). The Morgan fingerprint density at radius 2 is 1.71 bits per heavy atom. The van der Waals surface area contributed by atoms with Gasteiger partial charge in [-0.2, -0.15) is 0 Å². The summed E-state index contributed by atoms with van der Waals surface area (Å²) in [5, 5.41) is 9.81. The third kappa shape index (κ3) is 3.73. The van der Waals surface area contributed by atoms with E-state index >= 15 is 0 Å². The number of rotatable bonds is 7. The lowest BCUT2D eigenvalue weighted by Gasteiger charge is -2.17. The molecule has 0 aliphatic heterocycles. The van der Waals surface area contributed by atoms with Gasteiger partial charge < -0.3 is 24.1 Å². The minimum atomic E-state index is -0.173. The van der Waals surface area contributed by atoms with E-state index < -0.39 is 0 Å². The Hall–Kier alpha value is -1.62. The van der Waals surface area contributed by atoms with Gasteiger partial charge in [-0.15, -0.1) is 0 Å². The lowest BCUT2D eigenvalue weighted by molar-refractivity contribution is 0.116. The standard InChI is InChI=1S/C16H24O5/c1-18-14-9-12(10-15(19-2)16(14)20-3)21-8-7-11-5-4-6-13(11)17/h9-11,13,17H,4-8H2,1-3H3. The smallest absolute Gasteiger partial charge is 0.203 e. The van der Waals surface area contributed by atoms with Crippen molar-refractivity contribution in [3.05, 3.63) is 12.1 Å². The molecule has 0 heterocycles. The SMILES string of the molecule is COc1cc(OCCC2CCCC2O)cc(OC)c1OC. The van der Waals surface area contributed by atoms with Gasteiger partial charge in [0.15, 0.2) is 11.5 Å². The molecule has 2 atom stereocenters. The zero-order valence-corrected chi connectivity index (χ0v) is 12.9. The topological polar surface area (TPSA) is 57.2 Å². The average molecular weight is 296 g/mol. The van der Waals surface area contributed by atoms with Crippen LogP contribution in [-0.4, -0.2) is 39.1 Å². The monoisotopic (exact) mass is 296 g/mol. The Morgan fingerprint density at radius 3 is 2.19 bits per heavy atom. The fourth-order valence-electron chi connectivity index (χ4n) is 2.82. The first-order valence-corrected chi connectivity index (χ1v) is 7.30. The maximum Gasteiger partial charge on any atom is 0.203 e. The van der Waals surface area contributed by atoms with Crippen LogP contribution in [0.4, 0.5) is 0 Å². The van der Waals surface area contributed by atoms with E-state index in [1.165, 1.54) is 0 Å². The highest BCUT2D eigenvalue weighted by Gasteiger charge is 2.24. The van der Waals surface area contributed by atoms with Crippen LogP contribution in [0.25, 0.3) is 0 Å². The van der Waals surface area contributed by atoms with E-state index in [0.29, 0.717) is 35.5 Å². The Balaban J connectivity index is 1.99. The van der Waals surface area contributed by atoms with Crippen molar-refractivity contribution in [2.75, 3.05) is 27.9 Å². The molecule has 0 amide bonds. The van der Waals surface area contributed by atoms with E-state index in [9.17, 15) is 5.11 Å². The Morgan fingerprint density at radius 1 is 1.05 bits per heavy atom. The number of methoxy groups -OCH3 is 3. The van der Waals surface area contributed by atoms with E-state index in [1.54, 1.807) is 33.5 Å². The second-order valence-electron chi connectivity index (χ2n) is 5.26. The molecule has 0 saturated heterocycles. The number of benzene rings is 1. The molecule has 5 heteroatoms. The molecule has 0 aromatic heterocycles. The van der Waals surface area contributed by atoms with E-state index in [2.05, 4.69) is 0 Å². The van der Waals surface area contributed by atoms with Crippen molar-refractivity contribution in [3.8, 4) is 23.0 Å². The Kier molecular flexibility index (Phi) is 5.56. The third-order valence-electron chi connectivity index (χ3n) is 4.01. The molecule has 118 valence electrons. The van der Waals surface area contributed by atoms with E-state index in [4.69, 9.17) is 18.9 Å². The van der Waals surface area contributed by atoms with Crippen LogP contribution in [0.3, 0.4) is 0 Å². The molecule has 1 fully saturated rings. The van der Waals surface area contributed by atoms with Crippen molar-refractivity contribution in [2.45, 2.75) is 31.8 Å². The summed E-state index contributed by atoms with van der Waals surface area (Å²) in [4.78, 5) is 0. The number of hydrogen-bond acceptors (Lipinski definition) is 5. The minimum absolute atomic E-state index is 0.173. The summed E-state index contributed by atoms with van der Waals surface area (Å²) < 4.78 is 21.6. The molecule has 1 saturated carbocycles. The summed E-state index contributed by atoms with van der Waals surface area (Å²) in [7, 11) is 4.73. The van der Waals surface area contributed by atoms with Gasteiger partial charge >= 0.3 is 0 Å². The van der Waals surface area contributed by atoms with Gasteiger partial charge in [-0.1, -0.05) is 6.42 Å². The summed E-state index contributed by atoms with van der Waals surface area (Å²) in [6, 6.07) is 3.57. The Labute approximate surface area is 125 Å². The van der Waals surface area contributed by atoms with Crippen molar-refractivity contribution < 1.29 is 24.1 Å². The third-order valence-corrected chi connectivity index (χ3v) is 4.01. The second-order valence-corrected chi connectivity index (χ2v) is 5.26.